The van der Waals surface area contributed by atoms with E-state index in [1.165, 1.54) is 11.1 Å². The summed E-state index contributed by atoms with van der Waals surface area (Å²) in [5.41, 5.74) is 2.56. The highest BCUT2D eigenvalue weighted by Crippen LogP contribution is 2.28. The van der Waals surface area contributed by atoms with Crippen LogP contribution in [-0.4, -0.2) is 0 Å². The van der Waals surface area contributed by atoms with Crippen LogP contribution in [0, 0.1) is 5.41 Å². The highest BCUT2D eigenvalue weighted by Gasteiger charge is 2.15. The molecule has 0 heterocycles. The van der Waals surface area contributed by atoms with Crippen molar-refractivity contribution in [3.63, 3.8) is 0 Å². The average molecular weight is 150 g/mol. The van der Waals surface area contributed by atoms with Gasteiger partial charge in [0.05, 0.1) is 0 Å². The summed E-state index contributed by atoms with van der Waals surface area (Å²) in [6, 6.07) is 0. The van der Waals surface area contributed by atoms with Gasteiger partial charge in [-0.3, -0.25) is 0 Å². The van der Waals surface area contributed by atoms with Gasteiger partial charge in [0, 0.05) is 0 Å². The van der Waals surface area contributed by atoms with Gasteiger partial charge in [0.15, 0.2) is 0 Å². The summed E-state index contributed by atoms with van der Waals surface area (Å²) in [7, 11) is 0. The van der Waals surface area contributed by atoms with Gasteiger partial charge in [0.25, 0.3) is 0 Å². The molecule has 0 aliphatic rings. The summed E-state index contributed by atoms with van der Waals surface area (Å²) in [5.74, 6) is 0. The Balaban J connectivity index is 4.51. The molecular formula is C11H18. The summed E-state index contributed by atoms with van der Waals surface area (Å²) >= 11 is 0. The highest BCUT2D eigenvalue weighted by atomic mass is 14.2. The lowest BCUT2D eigenvalue weighted by atomic mass is 9.83. The van der Waals surface area contributed by atoms with Crippen LogP contribution in [0.5, 0.6) is 0 Å². The molecule has 0 N–H and O–H groups in total. The van der Waals surface area contributed by atoms with Crippen LogP contribution in [0.15, 0.2) is 36.5 Å². The molecule has 0 aromatic carbocycles. The van der Waals surface area contributed by atoms with E-state index < -0.39 is 0 Å². The molecule has 0 fully saturated rings. The Hall–Kier alpha value is -0.780. The molecule has 0 aliphatic carbocycles. The topological polar surface area (TPSA) is 0 Å². The Morgan fingerprint density at radius 3 is 2.00 bits per heavy atom. The number of hydrogen-bond acceptors (Lipinski definition) is 0. The molecule has 0 spiro atoms. The smallest absolute Gasteiger partial charge is 0.0135 e. The molecule has 0 heteroatoms. The van der Waals surface area contributed by atoms with E-state index in [4.69, 9.17) is 0 Å². The predicted molar refractivity (Wildman–Crippen MR) is 52.5 cm³/mol. The van der Waals surface area contributed by atoms with Gasteiger partial charge in [0.2, 0.25) is 0 Å². The van der Waals surface area contributed by atoms with Gasteiger partial charge >= 0.3 is 0 Å². The van der Waals surface area contributed by atoms with Gasteiger partial charge in [-0.05, 0) is 23.5 Å². The molecule has 0 rings (SSSR count). The molecule has 0 radical (unpaired) electrons. The SMILES string of the molecule is C=C/C=C(/C)C(=C)C(C)(C)C. The van der Waals surface area contributed by atoms with Crippen LogP contribution in [0.2, 0.25) is 0 Å². The number of hydrogen-bond donors (Lipinski definition) is 0. The van der Waals surface area contributed by atoms with Crippen molar-refractivity contribution in [2.75, 3.05) is 0 Å². The first kappa shape index (κ1) is 10.2. The van der Waals surface area contributed by atoms with Crippen molar-refractivity contribution in [1.29, 1.82) is 0 Å². The zero-order valence-electron chi connectivity index (χ0n) is 8.07. The zero-order chi connectivity index (χ0) is 9.07. The molecule has 0 saturated heterocycles. The lowest BCUT2D eigenvalue weighted by Gasteiger charge is -2.22. The molecule has 0 amide bonds. The maximum atomic E-state index is 4.03. The van der Waals surface area contributed by atoms with Crippen molar-refractivity contribution < 1.29 is 0 Å². The molecule has 0 aromatic heterocycles. The van der Waals surface area contributed by atoms with Crippen LogP contribution in [0.25, 0.3) is 0 Å². The number of allylic oxidation sites excluding steroid dienone is 4. The van der Waals surface area contributed by atoms with Crippen molar-refractivity contribution in [3.8, 4) is 0 Å². The van der Waals surface area contributed by atoms with Gasteiger partial charge in [-0.1, -0.05) is 46.1 Å². The van der Waals surface area contributed by atoms with E-state index in [1.54, 1.807) is 6.08 Å². The Kier molecular flexibility index (Phi) is 3.31. The van der Waals surface area contributed by atoms with Gasteiger partial charge < -0.3 is 0 Å². The Morgan fingerprint density at radius 1 is 1.27 bits per heavy atom. The monoisotopic (exact) mass is 150 g/mol. The third-order valence-electron chi connectivity index (χ3n) is 1.75. The second kappa shape index (κ2) is 3.56. The van der Waals surface area contributed by atoms with Gasteiger partial charge in [-0.2, -0.15) is 0 Å². The molecule has 0 unspecified atom stereocenters. The molecule has 11 heavy (non-hydrogen) atoms. The van der Waals surface area contributed by atoms with Crippen LogP contribution in [0.1, 0.15) is 27.7 Å². The summed E-state index contributed by atoms with van der Waals surface area (Å²) in [6.07, 6.45) is 3.79. The van der Waals surface area contributed by atoms with Crippen LogP contribution >= 0.6 is 0 Å². The highest BCUT2D eigenvalue weighted by molar-refractivity contribution is 5.32. The normalized spacial score (nSPS) is 12.9. The van der Waals surface area contributed by atoms with Crippen molar-refractivity contribution >= 4 is 0 Å². The molecular weight excluding hydrogens is 132 g/mol. The second-order valence-corrected chi connectivity index (χ2v) is 3.81. The molecule has 62 valence electrons. The van der Waals surface area contributed by atoms with Crippen molar-refractivity contribution in [3.05, 3.63) is 36.5 Å². The third kappa shape index (κ3) is 3.22. The lowest BCUT2D eigenvalue weighted by molar-refractivity contribution is 0.512. The largest absolute Gasteiger partial charge is 0.0991 e. The van der Waals surface area contributed by atoms with E-state index in [1.807, 2.05) is 6.08 Å². The van der Waals surface area contributed by atoms with E-state index in [2.05, 4.69) is 40.9 Å². The van der Waals surface area contributed by atoms with Crippen molar-refractivity contribution in [2.24, 2.45) is 5.41 Å². The predicted octanol–water partition coefficient (Wildman–Crippen LogP) is 3.72. The van der Waals surface area contributed by atoms with E-state index in [9.17, 15) is 0 Å². The van der Waals surface area contributed by atoms with Crippen LogP contribution in [0.3, 0.4) is 0 Å². The van der Waals surface area contributed by atoms with Crippen LogP contribution in [-0.2, 0) is 0 Å². The molecule has 0 aromatic rings. The van der Waals surface area contributed by atoms with Crippen molar-refractivity contribution in [2.45, 2.75) is 27.7 Å². The molecule has 0 bridgehead atoms. The van der Waals surface area contributed by atoms with E-state index in [0.29, 0.717) is 0 Å². The fourth-order valence-electron chi connectivity index (χ4n) is 0.869. The van der Waals surface area contributed by atoms with E-state index in [-0.39, 0.29) is 5.41 Å². The standard InChI is InChI=1S/C11H18/c1-7-8-9(2)10(3)11(4,5)6/h7-8H,1,3H2,2,4-6H3/b9-8-. The quantitative estimate of drug-likeness (QED) is 0.526. The third-order valence-corrected chi connectivity index (χ3v) is 1.75. The second-order valence-electron chi connectivity index (χ2n) is 3.81. The first-order valence-corrected chi connectivity index (χ1v) is 3.88. The average Bonchev–Trinajstić information content (AvgIpc) is 1.85. The van der Waals surface area contributed by atoms with Gasteiger partial charge in [-0.25, -0.2) is 0 Å². The Morgan fingerprint density at radius 2 is 1.73 bits per heavy atom. The molecule has 0 saturated carbocycles. The van der Waals surface area contributed by atoms with E-state index in [0.717, 1.165) is 0 Å². The van der Waals surface area contributed by atoms with Crippen LogP contribution < -0.4 is 0 Å². The molecule has 0 aliphatic heterocycles. The fraction of sp³-hybridized carbons (Fsp3) is 0.455. The zero-order valence-corrected chi connectivity index (χ0v) is 8.07. The van der Waals surface area contributed by atoms with Crippen LogP contribution in [0.4, 0.5) is 0 Å². The Bertz CT molecular complexity index is 187. The first-order chi connectivity index (χ1) is 4.89. The minimum absolute atomic E-state index is 0.170. The minimum atomic E-state index is 0.170. The van der Waals surface area contributed by atoms with Crippen molar-refractivity contribution in [1.82, 2.24) is 0 Å². The maximum absolute atomic E-state index is 4.03. The minimum Gasteiger partial charge on any atom is -0.0991 e. The number of rotatable bonds is 2. The van der Waals surface area contributed by atoms with Gasteiger partial charge in [0.1, 0.15) is 0 Å². The summed E-state index contributed by atoms with van der Waals surface area (Å²) < 4.78 is 0. The summed E-state index contributed by atoms with van der Waals surface area (Å²) in [6.45, 7) is 16.2. The maximum Gasteiger partial charge on any atom is -0.0135 e. The van der Waals surface area contributed by atoms with Gasteiger partial charge in [-0.15, -0.1) is 0 Å². The summed E-state index contributed by atoms with van der Waals surface area (Å²) in [5, 5.41) is 0. The molecule has 0 nitrogen and oxygen atoms in total. The fourth-order valence-corrected chi connectivity index (χ4v) is 0.869. The Labute approximate surface area is 70.3 Å². The van der Waals surface area contributed by atoms with E-state index >= 15 is 0 Å². The summed E-state index contributed by atoms with van der Waals surface area (Å²) in [4.78, 5) is 0. The first-order valence-electron chi connectivity index (χ1n) is 3.88. The molecule has 0 atom stereocenters. The lowest BCUT2D eigenvalue weighted by Crippen LogP contribution is -2.08.